The third kappa shape index (κ3) is 4.67. The van der Waals surface area contributed by atoms with Crippen molar-refractivity contribution in [1.82, 2.24) is 9.55 Å². The second-order valence-electron chi connectivity index (χ2n) is 8.24. The Labute approximate surface area is 201 Å². The second kappa shape index (κ2) is 10.5. The summed E-state index contributed by atoms with van der Waals surface area (Å²) in [5.41, 5.74) is 5.42. The zero-order valence-electron chi connectivity index (χ0n) is 20.6. The number of aromatic nitrogens is 2. The van der Waals surface area contributed by atoms with Crippen molar-refractivity contribution in [1.29, 1.82) is 0 Å². The Morgan fingerprint density at radius 1 is 0.794 bits per heavy atom. The van der Waals surface area contributed by atoms with Gasteiger partial charge in [-0.3, -0.25) is 0 Å². The highest BCUT2D eigenvalue weighted by molar-refractivity contribution is 5.81. The lowest BCUT2D eigenvalue weighted by molar-refractivity contribution is 0.301. The molecule has 0 aliphatic heterocycles. The van der Waals surface area contributed by atoms with Crippen LogP contribution >= 0.6 is 0 Å². The molecule has 0 saturated heterocycles. The summed E-state index contributed by atoms with van der Waals surface area (Å²) in [5, 5.41) is 0. The van der Waals surface area contributed by atoms with Crippen LogP contribution in [0, 0.1) is 13.8 Å². The van der Waals surface area contributed by atoms with Crippen LogP contribution in [0.4, 0.5) is 0 Å². The lowest BCUT2D eigenvalue weighted by Gasteiger charge is -2.15. The van der Waals surface area contributed by atoms with E-state index in [0.29, 0.717) is 23.9 Å². The molecule has 0 amide bonds. The Balaban J connectivity index is 1.57. The van der Waals surface area contributed by atoms with Gasteiger partial charge in [0, 0.05) is 12.1 Å². The van der Waals surface area contributed by atoms with Gasteiger partial charge in [0.15, 0.2) is 11.5 Å². The summed E-state index contributed by atoms with van der Waals surface area (Å²) in [4.78, 5) is 4.94. The van der Waals surface area contributed by atoms with E-state index in [0.717, 1.165) is 47.6 Å². The molecule has 0 aliphatic carbocycles. The Bertz CT molecular complexity index is 1250. The first-order valence-corrected chi connectivity index (χ1v) is 11.5. The standard InChI is InChI=1S/C28H32N2O4/c1-19-11-10-14-24(20(19)2)34-16-9-8-15-30-23-13-7-6-12-22(23)29-28(30)21-17-25(31-3)27(33-5)26(18-21)32-4/h6-7,10-14,17-18H,8-9,15-16H2,1-5H3. The number of rotatable bonds is 10. The number of methoxy groups -OCH3 is 3. The van der Waals surface area contributed by atoms with Crippen LogP contribution < -0.4 is 18.9 Å². The van der Waals surface area contributed by atoms with Gasteiger partial charge in [0.05, 0.1) is 39.0 Å². The van der Waals surface area contributed by atoms with Gasteiger partial charge in [-0.15, -0.1) is 0 Å². The van der Waals surface area contributed by atoms with Crippen molar-refractivity contribution in [3.8, 4) is 34.4 Å². The molecule has 0 spiro atoms. The minimum absolute atomic E-state index is 0.569. The number of hydrogen-bond acceptors (Lipinski definition) is 5. The van der Waals surface area contributed by atoms with Gasteiger partial charge in [-0.2, -0.15) is 0 Å². The maximum atomic E-state index is 6.05. The first-order chi connectivity index (χ1) is 16.6. The Hall–Kier alpha value is -3.67. The molecule has 0 unspecified atom stereocenters. The van der Waals surface area contributed by atoms with Crippen LogP contribution in [0.3, 0.4) is 0 Å². The number of unbranched alkanes of at least 4 members (excludes halogenated alkanes) is 1. The van der Waals surface area contributed by atoms with E-state index in [2.05, 4.69) is 30.5 Å². The lowest BCUT2D eigenvalue weighted by Crippen LogP contribution is -2.05. The predicted molar refractivity (Wildman–Crippen MR) is 135 cm³/mol. The summed E-state index contributed by atoms with van der Waals surface area (Å²) >= 11 is 0. The van der Waals surface area contributed by atoms with Crippen LogP contribution in [0.1, 0.15) is 24.0 Å². The van der Waals surface area contributed by atoms with Crippen molar-refractivity contribution in [3.05, 3.63) is 65.7 Å². The molecule has 0 N–H and O–H groups in total. The number of aryl methyl sites for hydroxylation is 2. The van der Waals surface area contributed by atoms with Gasteiger partial charge in [0.1, 0.15) is 11.6 Å². The van der Waals surface area contributed by atoms with E-state index in [1.807, 2.05) is 42.5 Å². The fraction of sp³-hybridized carbons (Fsp3) is 0.321. The number of hydrogen-bond donors (Lipinski definition) is 0. The monoisotopic (exact) mass is 460 g/mol. The van der Waals surface area contributed by atoms with Crippen molar-refractivity contribution >= 4 is 11.0 Å². The van der Waals surface area contributed by atoms with Gasteiger partial charge >= 0.3 is 0 Å². The minimum Gasteiger partial charge on any atom is -0.493 e. The zero-order chi connectivity index (χ0) is 24.1. The highest BCUT2D eigenvalue weighted by Gasteiger charge is 2.18. The van der Waals surface area contributed by atoms with E-state index in [4.69, 9.17) is 23.9 Å². The average Bonchev–Trinajstić information content (AvgIpc) is 3.23. The number of benzene rings is 3. The molecule has 0 atom stereocenters. The summed E-state index contributed by atoms with van der Waals surface area (Å²) in [7, 11) is 4.86. The minimum atomic E-state index is 0.569. The third-order valence-corrected chi connectivity index (χ3v) is 6.17. The number of ether oxygens (including phenoxy) is 4. The molecule has 0 radical (unpaired) electrons. The molecular formula is C28H32N2O4. The molecule has 6 nitrogen and oxygen atoms in total. The van der Waals surface area contributed by atoms with E-state index in [1.54, 1.807) is 21.3 Å². The van der Waals surface area contributed by atoms with Crippen LogP contribution in [0.2, 0.25) is 0 Å². The number of fused-ring (bicyclic) bond motifs is 1. The Kier molecular flexibility index (Phi) is 7.26. The second-order valence-corrected chi connectivity index (χ2v) is 8.24. The van der Waals surface area contributed by atoms with Crippen molar-refractivity contribution in [2.75, 3.05) is 27.9 Å². The molecule has 0 saturated carbocycles. The van der Waals surface area contributed by atoms with Crippen LogP contribution in [0.25, 0.3) is 22.4 Å². The maximum absolute atomic E-state index is 6.05. The Morgan fingerprint density at radius 2 is 1.53 bits per heavy atom. The van der Waals surface area contributed by atoms with Gasteiger partial charge in [0.2, 0.25) is 5.75 Å². The molecular weight excluding hydrogens is 428 g/mol. The zero-order valence-corrected chi connectivity index (χ0v) is 20.6. The molecule has 4 rings (SSSR count). The highest BCUT2D eigenvalue weighted by atomic mass is 16.5. The summed E-state index contributed by atoms with van der Waals surface area (Å²) in [6.07, 6.45) is 1.90. The fourth-order valence-corrected chi connectivity index (χ4v) is 4.17. The first kappa shape index (κ1) is 23.5. The lowest BCUT2D eigenvalue weighted by atomic mass is 10.1. The largest absolute Gasteiger partial charge is 0.493 e. The van der Waals surface area contributed by atoms with Crippen molar-refractivity contribution in [2.24, 2.45) is 0 Å². The molecule has 0 aliphatic rings. The van der Waals surface area contributed by atoms with Crippen LogP contribution in [-0.4, -0.2) is 37.5 Å². The van der Waals surface area contributed by atoms with Gasteiger partial charge in [-0.1, -0.05) is 24.3 Å². The summed E-state index contributed by atoms with van der Waals surface area (Å²) in [6.45, 7) is 5.71. The van der Waals surface area contributed by atoms with Gasteiger partial charge in [-0.25, -0.2) is 4.98 Å². The van der Waals surface area contributed by atoms with Crippen LogP contribution in [0.5, 0.6) is 23.0 Å². The average molecular weight is 461 g/mol. The molecule has 1 heterocycles. The molecule has 0 bridgehead atoms. The number of imidazole rings is 1. The number of nitrogens with zero attached hydrogens (tertiary/aromatic N) is 2. The summed E-state index contributed by atoms with van der Waals surface area (Å²) in [6, 6.07) is 18.3. The predicted octanol–water partition coefficient (Wildman–Crippen LogP) is 6.21. The van der Waals surface area contributed by atoms with Gasteiger partial charge < -0.3 is 23.5 Å². The molecule has 0 fully saturated rings. The van der Waals surface area contributed by atoms with E-state index in [9.17, 15) is 0 Å². The Morgan fingerprint density at radius 3 is 2.24 bits per heavy atom. The molecule has 34 heavy (non-hydrogen) atoms. The molecule has 1 aromatic heterocycles. The van der Waals surface area contributed by atoms with Crippen LogP contribution in [0.15, 0.2) is 54.6 Å². The van der Waals surface area contributed by atoms with E-state index in [-0.39, 0.29) is 0 Å². The smallest absolute Gasteiger partial charge is 0.203 e. The van der Waals surface area contributed by atoms with Crippen molar-refractivity contribution in [2.45, 2.75) is 33.2 Å². The van der Waals surface area contributed by atoms with Crippen LogP contribution in [-0.2, 0) is 6.54 Å². The topological polar surface area (TPSA) is 54.7 Å². The highest BCUT2D eigenvalue weighted by Crippen LogP contribution is 2.41. The maximum Gasteiger partial charge on any atom is 0.203 e. The number of para-hydroxylation sites is 2. The third-order valence-electron chi connectivity index (χ3n) is 6.17. The van der Waals surface area contributed by atoms with Crippen molar-refractivity contribution < 1.29 is 18.9 Å². The van der Waals surface area contributed by atoms with Gasteiger partial charge in [0.25, 0.3) is 0 Å². The first-order valence-electron chi connectivity index (χ1n) is 11.5. The van der Waals surface area contributed by atoms with E-state index < -0.39 is 0 Å². The molecule has 3 aromatic carbocycles. The van der Waals surface area contributed by atoms with E-state index >= 15 is 0 Å². The van der Waals surface area contributed by atoms with E-state index in [1.165, 1.54) is 11.1 Å². The summed E-state index contributed by atoms with van der Waals surface area (Å²) in [5.74, 6) is 3.62. The molecule has 4 aromatic rings. The SMILES string of the molecule is COc1cc(-c2nc3ccccc3n2CCCCOc2cccc(C)c2C)cc(OC)c1OC. The normalized spacial score (nSPS) is 11.0. The quantitative estimate of drug-likeness (QED) is 0.264. The summed E-state index contributed by atoms with van der Waals surface area (Å²) < 4.78 is 24.9. The van der Waals surface area contributed by atoms with Crippen molar-refractivity contribution in [3.63, 3.8) is 0 Å². The molecule has 6 heteroatoms. The molecule has 178 valence electrons. The van der Waals surface area contributed by atoms with Gasteiger partial charge in [-0.05, 0) is 68.1 Å². The fourth-order valence-electron chi connectivity index (χ4n) is 4.17.